The predicted molar refractivity (Wildman–Crippen MR) is 83.1 cm³/mol. The minimum absolute atomic E-state index is 0.631. The highest BCUT2D eigenvalue weighted by Gasteiger charge is 2.00. The van der Waals surface area contributed by atoms with Gasteiger partial charge in [-0.05, 0) is 24.6 Å². The first-order chi connectivity index (χ1) is 9.81. The zero-order valence-corrected chi connectivity index (χ0v) is 11.3. The monoisotopic (exact) mass is 261 g/mol. The number of allylic oxidation sites excluding steroid dienone is 2. The van der Waals surface area contributed by atoms with Crippen molar-refractivity contribution in [2.24, 2.45) is 0 Å². The number of hydrogen-bond donors (Lipinski definition) is 0. The van der Waals surface area contributed by atoms with Crippen molar-refractivity contribution in [2.75, 3.05) is 0 Å². The van der Waals surface area contributed by atoms with Gasteiger partial charge in [0.2, 0.25) is 5.89 Å². The summed E-state index contributed by atoms with van der Waals surface area (Å²) in [5.41, 5.74) is 4.04. The van der Waals surface area contributed by atoms with Crippen LogP contribution in [0.4, 0.5) is 0 Å². The summed E-state index contributed by atoms with van der Waals surface area (Å²) in [5, 5.41) is 0. The molecule has 3 rings (SSSR count). The molecule has 0 spiro atoms. The first kappa shape index (κ1) is 12.4. The fourth-order valence-electron chi connectivity index (χ4n) is 2.02. The van der Waals surface area contributed by atoms with Crippen LogP contribution in [0.1, 0.15) is 18.4 Å². The van der Waals surface area contributed by atoms with Crippen LogP contribution in [-0.4, -0.2) is 4.98 Å². The number of oxazole rings is 1. The summed E-state index contributed by atoms with van der Waals surface area (Å²) in [6.07, 6.45) is 6.03. The van der Waals surface area contributed by atoms with E-state index in [-0.39, 0.29) is 0 Å². The summed E-state index contributed by atoms with van der Waals surface area (Å²) in [6.45, 7) is 2.06. The van der Waals surface area contributed by atoms with Gasteiger partial charge < -0.3 is 4.42 Å². The van der Waals surface area contributed by atoms with Crippen molar-refractivity contribution >= 4 is 23.3 Å². The minimum atomic E-state index is 0.631. The van der Waals surface area contributed by atoms with Crippen molar-refractivity contribution in [2.45, 2.75) is 6.92 Å². The Labute approximate surface area is 118 Å². The Morgan fingerprint density at radius 2 is 1.75 bits per heavy atom. The van der Waals surface area contributed by atoms with Crippen LogP contribution in [0.25, 0.3) is 23.3 Å². The van der Waals surface area contributed by atoms with Crippen LogP contribution in [0.3, 0.4) is 0 Å². The fraction of sp³-hybridized carbons (Fsp3) is 0.0556. The van der Waals surface area contributed by atoms with Gasteiger partial charge in [0.15, 0.2) is 5.58 Å². The van der Waals surface area contributed by atoms with Gasteiger partial charge in [-0.3, -0.25) is 0 Å². The van der Waals surface area contributed by atoms with Crippen LogP contribution in [0, 0.1) is 0 Å². The van der Waals surface area contributed by atoms with E-state index in [0.29, 0.717) is 5.89 Å². The SMILES string of the molecule is CC(/C=C\c1nc2ccccc2o1)=C\c1ccccc1. The second-order valence-corrected chi connectivity index (χ2v) is 4.65. The maximum atomic E-state index is 5.64. The molecule has 0 atom stereocenters. The molecule has 0 aliphatic heterocycles. The molecule has 1 heterocycles. The summed E-state index contributed by atoms with van der Waals surface area (Å²) in [4.78, 5) is 4.41. The van der Waals surface area contributed by atoms with E-state index in [2.05, 4.69) is 30.1 Å². The van der Waals surface area contributed by atoms with Gasteiger partial charge in [-0.2, -0.15) is 0 Å². The fourth-order valence-corrected chi connectivity index (χ4v) is 2.02. The van der Waals surface area contributed by atoms with E-state index in [4.69, 9.17) is 4.42 Å². The lowest BCUT2D eigenvalue weighted by molar-refractivity contribution is 0.589. The van der Waals surface area contributed by atoms with E-state index in [1.807, 2.05) is 54.6 Å². The van der Waals surface area contributed by atoms with Crippen LogP contribution < -0.4 is 0 Å². The molecule has 0 unspecified atom stereocenters. The van der Waals surface area contributed by atoms with Crippen molar-refractivity contribution in [3.8, 4) is 0 Å². The highest BCUT2D eigenvalue weighted by Crippen LogP contribution is 2.16. The van der Waals surface area contributed by atoms with Crippen LogP contribution in [0.15, 0.2) is 70.7 Å². The van der Waals surface area contributed by atoms with Crippen molar-refractivity contribution in [1.82, 2.24) is 4.98 Å². The average Bonchev–Trinajstić information content (AvgIpc) is 2.89. The predicted octanol–water partition coefficient (Wildman–Crippen LogP) is 4.94. The first-order valence-electron chi connectivity index (χ1n) is 6.58. The van der Waals surface area contributed by atoms with E-state index in [9.17, 15) is 0 Å². The van der Waals surface area contributed by atoms with E-state index in [0.717, 1.165) is 16.7 Å². The summed E-state index contributed by atoms with van der Waals surface area (Å²) >= 11 is 0. The molecule has 0 aliphatic rings. The van der Waals surface area contributed by atoms with Crippen LogP contribution in [-0.2, 0) is 0 Å². The molecule has 2 heteroatoms. The van der Waals surface area contributed by atoms with Crippen LogP contribution in [0.2, 0.25) is 0 Å². The van der Waals surface area contributed by atoms with Gasteiger partial charge in [-0.15, -0.1) is 0 Å². The van der Waals surface area contributed by atoms with E-state index >= 15 is 0 Å². The Bertz CT molecular complexity index is 733. The van der Waals surface area contributed by atoms with Crippen LogP contribution >= 0.6 is 0 Å². The summed E-state index contributed by atoms with van der Waals surface area (Å²) < 4.78 is 5.64. The third-order valence-electron chi connectivity index (χ3n) is 2.99. The summed E-state index contributed by atoms with van der Waals surface area (Å²) in [6, 6.07) is 18.0. The number of hydrogen-bond acceptors (Lipinski definition) is 2. The van der Waals surface area contributed by atoms with Crippen LogP contribution in [0.5, 0.6) is 0 Å². The first-order valence-corrected chi connectivity index (χ1v) is 6.58. The van der Waals surface area contributed by atoms with E-state index in [1.165, 1.54) is 5.56 Å². The molecule has 2 aromatic carbocycles. The van der Waals surface area contributed by atoms with Gasteiger partial charge in [0.1, 0.15) is 5.52 Å². The lowest BCUT2D eigenvalue weighted by Crippen LogP contribution is -1.74. The van der Waals surface area contributed by atoms with Crippen molar-refractivity contribution in [3.05, 3.63) is 77.7 Å². The zero-order chi connectivity index (χ0) is 13.8. The third kappa shape index (κ3) is 2.86. The highest BCUT2D eigenvalue weighted by atomic mass is 16.3. The zero-order valence-electron chi connectivity index (χ0n) is 11.3. The molecule has 0 N–H and O–H groups in total. The molecule has 0 radical (unpaired) electrons. The number of benzene rings is 2. The number of nitrogens with zero attached hydrogens (tertiary/aromatic N) is 1. The number of rotatable bonds is 3. The largest absolute Gasteiger partial charge is 0.437 e. The molecule has 20 heavy (non-hydrogen) atoms. The van der Waals surface area contributed by atoms with Gasteiger partial charge in [0.05, 0.1) is 0 Å². The average molecular weight is 261 g/mol. The molecular formula is C18H15NO. The topological polar surface area (TPSA) is 26.0 Å². The van der Waals surface area contributed by atoms with E-state index < -0.39 is 0 Å². The molecule has 0 bridgehead atoms. The Balaban J connectivity index is 1.81. The van der Waals surface area contributed by atoms with Gasteiger partial charge in [-0.1, -0.05) is 60.2 Å². The number of aromatic nitrogens is 1. The molecule has 0 amide bonds. The van der Waals surface area contributed by atoms with Gasteiger partial charge in [0.25, 0.3) is 0 Å². The Hall–Kier alpha value is -2.61. The minimum Gasteiger partial charge on any atom is -0.437 e. The standard InChI is InChI=1S/C18H15NO/c1-14(13-15-7-3-2-4-8-15)11-12-18-19-16-9-5-6-10-17(16)20-18/h2-13H,1H3/b12-11-,14-13+. The smallest absolute Gasteiger partial charge is 0.220 e. The molecule has 0 aliphatic carbocycles. The van der Waals surface area contributed by atoms with Gasteiger partial charge in [-0.25, -0.2) is 4.98 Å². The molecule has 0 saturated carbocycles. The van der Waals surface area contributed by atoms with Crippen molar-refractivity contribution in [1.29, 1.82) is 0 Å². The maximum absolute atomic E-state index is 5.64. The lowest BCUT2D eigenvalue weighted by Gasteiger charge is -1.94. The second kappa shape index (κ2) is 5.57. The molecular weight excluding hydrogens is 246 g/mol. The Morgan fingerprint density at radius 1 is 1.00 bits per heavy atom. The van der Waals surface area contributed by atoms with Crippen molar-refractivity contribution < 1.29 is 4.42 Å². The molecule has 1 aromatic heterocycles. The molecule has 3 aromatic rings. The van der Waals surface area contributed by atoms with Gasteiger partial charge in [0, 0.05) is 6.08 Å². The van der Waals surface area contributed by atoms with Crippen molar-refractivity contribution in [3.63, 3.8) is 0 Å². The molecule has 0 saturated heterocycles. The molecule has 0 fully saturated rings. The number of para-hydroxylation sites is 2. The molecule has 2 nitrogen and oxygen atoms in total. The number of fused-ring (bicyclic) bond motifs is 1. The second-order valence-electron chi connectivity index (χ2n) is 4.65. The quantitative estimate of drug-likeness (QED) is 0.624. The highest BCUT2D eigenvalue weighted by molar-refractivity contribution is 5.73. The maximum Gasteiger partial charge on any atom is 0.220 e. The third-order valence-corrected chi connectivity index (χ3v) is 2.99. The van der Waals surface area contributed by atoms with E-state index in [1.54, 1.807) is 0 Å². The Kier molecular flexibility index (Phi) is 3.46. The summed E-state index contributed by atoms with van der Waals surface area (Å²) in [5.74, 6) is 0.631. The Morgan fingerprint density at radius 3 is 2.55 bits per heavy atom. The van der Waals surface area contributed by atoms with Gasteiger partial charge >= 0.3 is 0 Å². The lowest BCUT2D eigenvalue weighted by atomic mass is 10.1. The molecule has 98 valence electrons. The summed E-state index contributed by atoms with van der Waals surface area (Å²) in [7, 11) is 0. The normalized spacial score (nSPS) is 12.3.